The highest BCUT2D eigenvalue weighted by Crippen LogP contribution is 2.41. The SMILES string of the molecule is COc1cc(-c2oc3cc(O)cc(O)c3c(=O)c2[C@@H]2O[C@H](COC(=O)/C=C/c3ccc(O)cc3)[C@@H](O)[C@H](O)[C@H]2O)ccc1O. The van der Waals surface area contributed by atoms with Crippen LogP contribution in [0, 0.1) is 0 Å². The third kappa shape index (κ3) is 5.89. The summed E-state index contributed by atoms with van der Waals surface area (Å²) in [5.74, 6) is -2.30. The van der Waals surface area contributed by atoms with Crippen LogP contribution in [-0.2, 0) is 14.3 Å². The lowest BCUT2D eigenvalue weighted by Gasteiger charge is -2.40. The highest BCUT2D eigenvalue weighted by molar-refractivity contribution is 5.88. The van der Waals surface area contributed by atoms with Crippen molar-refractivity contribution in [3.8, 4) is 40.1 Å². The molecule has 2 heterocycles. The zero-order valence-electron chi connectivity index (χ0n) is 23.0. The van der Waals surface area contributed by atoms with Gasteiger partial charge in [0, 0.05) is 23.8 Å². The van der Waals surface area contributed by atoms with E-state index < -0.39 is 60.0 Å². The predicted molar refractivity (Wildman–Crippen MR) is 153 cm³/mol. The number of esters is 1. The van der Waals surface area contributed by atoms with Gasteiger partial charge >= 0.3 is 5.97 Å². The van der Waals surface area contributed by atoms with Gasteiger partial charge < -0.3 is 54.4 Å². The third-order valence-electron chi connectivity index (χ3n) is 7.13. The molecule has 0 unspecified atom stereocenters. The van der Waals surface area contributed by atoms with Gasteiger partial charge in [-0.05, 0) is 42.0 Å². The molecule has 1 saturated heterocycles. The third-order valence-corrected chi connectivity index (χ3v) is 7.13. The average Bonchev–Trinajstić information content (AvgIpc) is 2.99. The number of carbonyl (C=O) groups is 1. The van der Waals surface area contributed by atoms with Crippen LogP contribution in [0.4, 0.5) is 0 Å². The average molecular weight is 609 g/mol. The Hall–Kier alpha value is -5.08. The largest absolute Gasteiger partial charge is 0.508 e. The van der Waals surface area contributed by atoms with Gasteiger partial charge in [0.15, 0.2) is 11.5 Å². The van der Waals surface area contributed by atoms with E-state index in [0.29, 0.717) is 5.56 Å². The smallest absolute Gasteiger partial charge is 0.330 e. The van der Waals surface area contributed by atoms with Gasteiger partial charge in [0.25, 0.3) is 0 Å². The van der Waals surface area contributed by atoms with Crippen molar-refractivity contribution in [3.05, 3.63) is 82.0 Å². The molecule has 1 aromatic heterocycles. The molecule has 0 radical (unpaired) electrons. The maximum Gasteiger partial charge on any atom is 0.330 e. The van der Waals surface area contributed by atoms with E-state index in [2.05, 4.69) is 0 Å². The van der Waals surface area contributed by atoms with Crippen LogP contribution >= 0.6 is 0 Å². The standard InChI is InChI=1S/C31H28O13/c1-41-20-10-15(5-8-18(20)34)30-25(27(38)24-19(35)11-17(33)12-21(24)43-30)31-29(40)28(39)26(37)22(44-31)13-42-23(36)9-4-14-2-6-16(32)7-3-14/h2-12,22,26,28-29,31-35,37,39-40H,13H2,1H3/b9-4+/t22-,26-,28+,29-,31+/m1/s1. The molecule has 1 aliphatic rings. The summed E-state index contributed by atoms with van der Waals surface area (Å²) < 4.78 is 22.2. The minimum absolute atomic E-state index is 0.000618. The molecule has 13 heteroatoms. The number of hydrogen-bond acceptors (Lipinski definition) is 13. The number of rotatable bonds is 7. The summed E-state index contributed by atoms with van der Waals surface area (Å²) >= 11 is 0. The first-order chi connectivity index (χ1) is 21.0. The molecule has 4 aromatic rings. The first kappa shape index (κ1) is 30.4. The lowest BCUT2D eigenvalue weighted by Crippen LogP contribution is -2.56. The number of methoxy groups -OCH3 is 1. The summed E-state index contributed by atoms with van der Waals surface area (Å²) in [6.07, 6.45) is -6.13. The molecule has 3 aromatic carbocycles. The van der Waals surface area contributed by atoms with Gasteiger partial charge in [0.1, 0.15) is 71.1 Å². The zero-order chi connectivity index (χ0) is 31.7. The lowest BCUT2D eigenvalue weighted by atomic mass is 9.89. The Morgan fingerprint density at radius 2 is 1.61 bits per heavy atom. The maximum absolute atomic E-state index is 13.9. The predicted octanol–water partition coefficient (Wildman–Crippen LogP) is 2.07. The fourth-order valence-electron chi connectivity index (χ4n) is 4.88. The van der Waals surface area contributed by atoms with Gasteiger partial charge in [-0.2, -0.15) is 0 Å². The van der Waals surface area contributed by atoms with E-state index in [1.54, 1.807) is 12.1 Å². The quantitative estimate of drug-likeness (QED) is 0.118. The summed E-state index contributed by atoms with van der Waals surface area (Å²) in [6.45, 7) is -0.597. The van der Waals surface area contributed by atoms with Crippen LogP contribution in [0.15, 0.2) is 69.9 Å². The molecule has 5 atom stereocenters. The molecular weight excluding hydrogens is 580 g/mol. The van der Waals surface area contributed by atoms with Crippen molar-refractivity contribution < 1.29 is 59.2 Å². The lowest BCUT2D eigenvalue weighted by molar-refractivity contribution is -0.234. The first-order valence-electron chi connectivity index (χ1n) is 13.2. The zero-order valence-corrected chi connectivity index (χ0v) is 23.0. The Bertz CT molecular complexity index is 1780. The van der Waals surface area contributed by atoms with Crippen LogP contribution in [0.3, 0.4) is 0 Å². The number of phenolic OH excluding ortho intramolecular Hbond substituents is 4. The van der Waals surface area contributed by atoms with Crippen LogP contribution in [0.2, 0.25) is 0 Å². The Labute approximate surface area is 248 Å². The van der Waals surface area contributed by atoms with E-state index in [4.69, 9.17) is 18.6 Å². The van der Waals surface area contributed by atoms with Crippen molar-refractivity contribution in [1.29, 1.82) is 0 Å². The Balaban J connectivity index is 1.52. The fourth-order valence-corrected chi connectivity index (χ4v) is 4.88. The molecule has 0 aliphatic carbocycles. The monoisotopic (exact) mass is 608 g/mol. The number of hydrogen-bond donors (Lipinski definition) is 7. The minimum atomic E-state index is -1.90. The molecule has 0 saturated carbocycles. The summed E-state index contributed by atoms with van der Waals surface area (Å²) in [5, 5.41) is 72.0. The van der Waals surface area contributed by atoms with Crippen LogP contribution in [0.1, 0.15) is 17.2 Å². The Morgan fingerprint density at radius 3 is 2.32 bits per heavy atom. The van der Waals surface area contributed by atoms with Gasteiger partial charge in [-0.3, -0.25) is 4.79 Å². The van der Waals surface area contributed by atoms with Gasteiger partial charge in [-0.25, -0.2) is 4.79 Å². The number of ether oxygens (including phenoxy) is 3. The number of aromatic hydroxyl groups is 4. The van der Waals surface area contributed by atoms with Crippen molar-refractivity contribution in [2.75, 3.05) is 13.7 Å². The summed E-state index contributed by atoms with van der Waals surface area (Å²) in [7, 11) is 1.30. The van der Waals surface area contributed by atoms with Crippen molar-refractivity contribution >= 4 is 23.0 Å². The highest BCUT2D eigenvalue weighted by atomic mass is 16.6. The van der Waals surface area contributed by atoms with E-state index in [1.165, 1.54) is 43.5 Å². The number of aliphatic hydroxyl groups is 3. The van der Waals surface area contributed by atoms with Crippen LogP contribution in [0.5, 0.6) is 28.7 Å². The van der Waals surface area contributed by atoms with Crippen LogP contribution in [0.25, 0.3) is 28.4 Å². The van der Waals surface area contributed by atoms with E-state index >= 15 is 0 Å². The van der Waals surface area contributed by atoms with Crippen LogP contribution < -0.4 is 10.2 Å². The van der Waals surface area contributed by atoms with Gasteiger partial charge in [0.05, 0.1) is 12.7 Å². The van der Waals surface area contributed by atoms with Gasteiger partial charge in [-0.1, -0.05) is 12.1 Å². The summed E-state index contributed by atoms with van der Waals surface area (Å²) in [5.41, 5.74) is -0.769. The van der Waals surface area contributed by atoms with Gasteiger partial charge in [0.2, 0.25) is 5.43 Å². The molecule has 5 rings (SSSR count). The molecule has 0 amide bonds. The second kappa shape index (κ2) is 12.3. The van der Waals surface area contributed by atoms with Gasteiger partial charge in [-0.15, -0.1) is 0 Å². The molecule has 7 N–H and O–H groups in total. The second-order valence-corrected chi connectivity index (χ2v) is 10.0. The van der Waals surface area contributed by atoms with E-state index in [0.717, 1.165) is 18.2 Å². The van der Waals surface area contributed by atoms with Crippen molar-refractivity contribution in [3.63, 3.8) is 0 Å². The van der Waals surface area contributed by atoms with Crippen molar-refractivity contribution in [2.24, 2.45) is 0 Å². The molecule has 0 bridgehead atoms. The van der Waals surface area contributed by atoms with E-state index in [1.807, 2.05) is 0 Å². The fraction of sp³-hybridized carbons (Fsp3) is 0.226. The Kier molecular flexibility index (Phi) is 8.47. The highest BCUT2D eigenvalue weighted by Gasteiger charge is 2.47. The van der Waals surface area contributed by atoms with Crippen LogP contribution in [-0.4, -0.2) is 79.8 Å². The van der Waals surface area contributed by atoms with E-state index in [-0.39, 0.29) is 45.1 Å². The number of aliphatic hydroxyl groups excluding tert-OH is 3. The number of phenols is 4. The molecule has 230 valence electrons. The normalized spacial score (nSPS) is 21.9. The maximum atomic E-state index is 13.9. The molecule has 1 aliphatic heterocycles. The minimum Gasteiger partial charge on any atom is -0.508 e. The number of fused-ring (bicyclic) bond motifs is 1. The summed E-state index contributed by atoms with van der Waals surface area (Å²) in [6, 6.07) is 11.9. The molecule has 0 spiro atoms. The van der Waals surface area contributed by atoms with Crippen molar-refractivity contribution in [2.45, 2.75) is 30.5 Å². The topological polar surface area (TPSA) is 217 Å². The first-order valence-corrected chi connectivity index (χ1v) is 13.2. The van der Waals surface area contributed by atoms with E-state index in [9.17, 15) is 45.3 Å². The molecule has 1 fully saturated rings. The second-order valence-electron chi connectivity index (χ2n) is 10.0. The molecular formula is C31H28O13. The molecule has 44 heavy (non-hydrogen) atoms. The van der Waals surface area contributed by atoms with Crippen molar-refractivity contribution in [1.82, 2.24) is 0 Å². The molecule has 13 nitrogen and oxygen atoms in total. The Morgan fingerprint density at radius 1 is 0.886 bits per heavy atom. The number of carbonyl (C=O) groups excluding carboxylic acids is 1. The number of benzene rings is 3. The summed E-state index contributed by atoms with van der Waals surface area (Å²) in [4.78, 5) is 26.3.